The van der Waals surface area contributed by atoms with Gasteiger partial charge >= 0.3 is 0 Å². The van der Waals surface area contributed by atoms with Gasteiger partial charge in [0.05, 0.1) is 31.4 Å². The van der Waals surface area contributed by atoms with E-state index in [0.717, 1.165) is 36.0 Å². The number of nitrogens with zero attached hydrogens (tertiary/aromatic N) is 1. The van der Waals surface area contributed by atoms with Gasteiger partial charge in [-0.1, -0.05) is 0 Å². The van der Waals surface area contributed by atoms with E-state index in [4.69, 9.17) is 14.5 Å². The minimum atomic E-state index is -0.274. The van der Waals surface area contributed by atoms with Crippen LogP contribution in [-0.4, -0.2) is 36.0 Å². The molecule has 2 N–H and O–H groups in total. The smallest absolute Gasteiger partial charge is 0.162 e. The molecular formula is C18H22N2O3. The van der Waals surface area contributed by atoms with E-state index >= 15 is 0 Å². The fourth-order valence-electron chi connectivity index (χ4n) is 4.20. The number of aliphatic hydroxyl groups is 1. The molecule has 2 aliphatic rings. The van der Waals surface area contributed by atoms with Crippen LogP contribution < -0.4 is 14.8 Å². The van der Waals surface area contributed by atoms with Gasteiger partial charge in [-0.15, -0.1) is 0 Å². The summed E-state index contributed by atoms with van der Waals surface area (Å²) in [6.07, 6.45) is 3.89. The molecule has 2 aromatic rings. The van der Waals surface area contributed by atoms with E-state index in [1.165, 1.54) is 6.42 Å². The first kappa shape index (κ1) is 14.6. The molecular weight excluding hydrogens is 292 g/mol. The van der Waals surface area contributed by atoms with Gasteiger partial charge in [0.1, 0.15) is 5.82 Å². The molecule has 3 unspecified atom stereocenters. The van der Waals surface area contributed by atoms with E-state index in [9.17, 15) is 5.11 Å². The van der Waals surface area contributed by atoms with Crippen molar-refractivity contribution in [3.63, 3.8) is 0 Å². The van der Waals surface area contributed by atoms with Crippen LogP contribution in [0.1, 0.15) is 25.7 Å². The molecule has 4 rings (SSSR count). The quantitative estimate of drug-likeness (QED) is 0.908. The largest absolute Gasteiger partial charge is 0.493 e. The number of hydrogen-bond donors (Lipinski definition) is 2. The summed E-state index contributed by atoms with van der Waals surface area (Å²) in [5.74, 6) is 2.84. The molecule has 0 spiro atoms. The number of aromatic nitrogens is 1. The molecule has 2 bridgehead atoms. The van der Waals surface area contributed by atoms with Crippen molar-refractivity contribution in [1.82, 2.24) is 4.98 Å². The molecule has 23 heavy (non-hydrogen) atoms. The normalized spacial score (nSPS) is 29.0. The molecule has 0 radical (unpaired) electrons. The fourth-order valence-corrected chi connectivity index (χ4v) is 4.20. The number of anilines is 1. The summed E-state index contributed by atoms with van der Waals surface area (Å²) in [7, 11) is 3.25. The van der Waals surface area contributed by atoms with Crippen molar-refractivity contribution >= 4 is 16.7 Å². The van der Waals surface area contributed by atoms with E-state index in [0.29, 0.717) is 17.4 Å². The number of hydrogen-bond acceptors (Lipinski definition) is 5. The van der Waals surface area contributed by atoms with E-state index in [2.05, 4.69) is 5.32 Å². The van der Waals surface area contributed by atoms with E-state index in [1.54, 1.807) is 14.2 Å². The highest BCUT2D eigenvalue weighted by Gasteiger charge is 2.51. The van der Waals surface area contributed by atoms with Gasteiger partial charge in [-0.3, -0.25) is 0 Å². The minimum Gasteiger partial charge on any atom is -0.493 e. The van der Waals surface area contributed by atoms with Crippen LogP contribution in [0.25, 0.3) is 10.9 Å². The zero-order valence-corrected chi connectivity index (χ0v) is 13.5. The van der Waals surface area contributed by atoms with Crippen molar-refractivity contribution in [3.8, 4) is 11.5 Å². The van der Waals surface area contributed by atoms with Crippen LogP contribution >= 0.6 is 0 Å². The van der Waals surface area contributed by atoms with Crippen LogP contribution in [-0.2, 0) is 0 Å². The van der Waals surface area contributed by atoms with Crippen molar-refractivity contribution in [2.24, 2.45) is 5.92 Å². The Morgan fingerprint density at radius 2 is 2.00 bits per heavy atom. The van der Waals surface area contributed by atoms with E-state index in [-0.39, 0.29) is 11.6 Å². The number of methoxy groups -OCH3 is 2. The lowest BCUT2D eigenvalue weighted by Crippen LogP contribution is -2.44. The highest BCUT2D eigenvalue weighted by atomic mass is 16.5. The van der Waals surface area contributed by atoms with E-state index < -0.39 is 0 Å². The van der Waals surface area contributed by atoms with Crippen molar-refractivity contribution in [1.29, 1.82) is 0 Å². The lowest BCUT2D eigenvalue weighted by molar-refractivity contribution is 0.103. The molecule has 122 valence electrons. The van der Waals surface area contributed by atoms with Crippen LogP contribution in [0.2, 0.25) is 0 Å². The molecule has 1 aromatic heterocycles. The lowest BCUT2D eigenvalue weighted by atomic mass is 9.90. The summed E-state index contributed by atoms with van der Waals surface area (Å²) >= 11 is 0. The van der Waals surface area contributed by atoms with Crippen molar-refractivity contribution in [3.05, 3.63) is 24.3 Å². The number of pyridine rings is 1. The Balaban J connectivity index is 1.69. The number of nitrogens with one attached hydrogen (secondary N) is 1. The molecule has 2 aliphatic carbocycles. The van der Waals surface area contributed by atoms with Crippen molar-refractivity contribution < 1.29 is 14.6 Å². The molecule has 1 heterocycles. The Kier molecular flexibility index (Phi) is 3.34. The third-order valence-electron chi connectivity index (χ3n) is 5.42. The van der Waals surface area contributed by atoms with Gasteiger partial charge in [-0.2, -0.15) is 0 Å². The Morgan fingerprint density at radius 1 is 1.22 bits per heavy atom. The van der Waals surface area contributed by atoms with Crippen molar-refractivity contribution in [2.75, 3.05) is 19.5 Å². The number of fused-ring (bicyclic) bond motifs is 3. The summed E-state index contributed by atoms with van der Waals surface area (Å²) in [5.41, 5.74) is 0.660. The second-order valence-corrected chi connectivity index (χ2v) is 6.74. The Morgan fingerprint density at radius 3 is 2.65 bits per heavy atom. The maximum Gasteiger partial charge on any atom is 0.162 e. The first-order valence-electron chi connectivity index (χ1n) is 8.12. The van der Waals surface area contributed by atoms with Crippen LogP contribution in [0, 0.1) is 5.92 Å². The standard InChI is InChI=1S/C18H22N2O3/c1-22-14-8-12-3-4-17(19-13(12)9-15(14)23-2)20-18-6-5-11(10-18)7-16(18)21/h3-4,8-9,11,16,21H,5-7,10H2,1-2H3,(H,19,20). The van der Waals surface area contributed by atoms with Crippen molar-refractivity contribution in [2.45, 2.75) is 37.3 Å². The summed E-state index contributed by atoms with van der Waals surface area (Å²) in [6, 6.07) is 7.82. The minimum absolute atomic E-state index is 0.193. The van der Waals surface area contributed by atoms with Crippen LogP contribution in [0.4, 0.5) is 5.82 Å². The predicted octanol–water partition coefficient (Wildman–Crippen LogP) is 2.97. The number of rotatable bonds is 4. The fraction of sp³-hybridized carbons (Fsp3) is 0.500. The van der Waals surface area contributed by atoms with Gasteiger partial charge in [-0.05, 0) is 49.8 Å². The SMILES string of the molecule is COc1cc2ccc(NC34CCC(CC3O)C4)nc2cc1OC. The second-order valence-electron chi connectivity index (χ2n) is 6.74. The van der Waals surface area contributed by atoms with E-state index in [1.807, 2.05) is 24.3 Å². The topological polar surface area (TPSA) is 63.6 Å². The molecule has 3 atom stereocenters. The zero-order valence-electron chi connectivity index (χ0n) is 13.5. The van der Waals surface area contributed by atoms with Gasteiger partial charge in [-0.25, -0.2) is 4.98 Å². The lowest BCUT2D eigenvalue weighted by Gasteiger charge is -2.33. The number of ether oxygens (including phenoxy) is 2. The second kappa shape index (κ2) is 5.27. The van der Waals surface area contributed by atoms with Gasteiger partial charge < -0.3 is 19.9 Å². The van der Waals surface area contributed by atoms with Crippen LogP contribution in [0.15, 0.2) is 24.3 Å². The Hall–Kier alpha value is -2.01. The van der Waals surface area contributed by atoms with Gasteiger partial charge in [0.15, 0.2) is 11.5 Å². The van der Waals surface area contributed by atoms with Gasteiger partial charge in [0.25, 0.3) is 0 Å². The van der Waals surface area contributed by atoms with Gasteiger partial charge in [0.2, 0.25) is 0 Å². The Bertz CT molecular complexity index is 748. The highest BCUT2D eigenvalue weighted by Crippen LogP contribution is 2.49. The average Bonchev–Trinajstić information content (AvgIpc) is 3.10. The molecule has 2 saturated carbocycles. The van der Waals surface area contributed by atoms with Crippen LogP contribution in [0.5, 0.6) is 11.5 Å². The monoisotopic (exact) mass is 314 g/mol. The molecule has 2 fully saturated rings. The maximum absolute atomic E-state index is 10.4. The third kappa shape index (κ3) is 2.30. The van der Waals surface area contributed by atoms with Gasteiger partial charge in [0, 0.05) is 11.5 Å². The maximum atomic E-state index is 10.4. The Labute approximate surface area is 135 Å². The average molecular weight is 314 g/mol. The molecule has 0 saturated heterocycles. The molecule has 5 nitrogen and oxygen atoms in total. The summed E-state index contributed by atoms with van der Waals surface area (Å²) in [5, 5.41) is 14.9. The first-order valence-corrected chi connectivity index (χ1v) is 8.12. The zero-order chi connectivity index (χ0) is 16.0. The molecule has 0 aliphatic heterocycles. The number of aliphatic hydroxyl groups excluding tert-OH is 1. The third-order valence-corrected chi connectivity index (χ3v) is 5.42. The molecule has 1 aromatic carbocycles. The summed E-state index contributed by atoms with van der Waals surface area (Å²) < 4.78 is 10.7. The van der Waals surface area contributed by atoms with Crippen LogP contribution in [0.3, 0.4) is 0 Å². The summed E-state index contributed by atoms with van der Waals surface area (Å²) in [4.78, 5) is 4.71. The molecule has 5 heteroatoms. The highest BCUT2D eigenvalue weighted by molar-refractivity contribution is 5.84. The predicted molar refractivity (Wildman–Crippen MR) is 89.2 cm³/mol. The summed E-state index contributed by atoms with van der Waals surface area (Å²) in [6.45, 7) is 0. The molecule has 0 amide bonds. The first-order chi connectivity index (χ1) is 11.1. The number of benzene rings is 1.